The SMILES string of the molecule is COc1ccccc1CN(C)C(=O)COC(=O)C(CCSC)NC(=O)c1ccccc1Cl. The maximum absolute atomic E-state index is 12.6. The van der Waals surface area contributed by atoms with Crippen molar-refractivity contribution in [3.8, 4) is 5.75 Å². The molecule has 1 N–H and O–H groups in total. The predicted octanol–water partition coefficient (Wildman–Crippen LogP) is 3.40. The molecular formula is C23H27ClN2O5S. The van der Waals surface area contributed by atoms with E-state index in [1.54, 1.807) is 38.4 Å². The molecule has 0 aliphatic heterocycles. The van der Waals surface area contributed by atoms with Gasteiger partial charge in [-0.25, -0.2) is 4.79 Å². The third-order valence-corrected chi connectivity index (χ3v) is 5.66. The molecule has 2 aromatic rings. The average Bonchev–Trinajstić information content (AvgIpc) is 2.80. The highest BCUT2D eigenvalue weighted by Crippen LogP contribution is 2.19. The van der Waals surface area contributed by atoms with Crippen LogP contribution in [0.5, 0.6) is 5.75 Å². The van der Waals surface area contributed by atoms with E-state index in [2.05, 4.69) is 5.32 Å². The van der Waals surface area contributed by atoms with Crippen LogP contribution < -0.4 is 10.1 Å². The van der Waals surface area contributed by atoms with Crippen LogP contribution in [0, 0.1) is 0 Å². The van der Waals surface area contributed by atoms with E-state index in [0.29, 0.717) is 24.5 Å². The van der Waals surface area contributed by atoms with Crippen LogP contribution in [0.4, 0.5) is 0 Å². The molecule has 9 heteroatoms. The first-order valence-electron chi connectivity index (χ1n) is 9.94. The number of hydrogen-bond donors (Lipinski definition) is 1. The molecule has 0 aromatic heterocycles. The minimum Gasteiger partial charge on any atom is -0.496 e. The second-order valence-electron chi connectivity index (χ2n) is 6.96. The fourth-order valence-electron chi connectivity index (χ4n) is 2.89. The van der Waals surface area contributed by atoms with Gasteiger partial charge in [-0.2, -0.15) is 11.8 Å². The fraction of sp³-hybridized carbons (Fsp3) is 0.348. The monoisotopic (exact) mass is 478 g/mol. The van der Waals surface area contributed by atoms with Gasteiger partial charge in [-0.3, -0.25) is 9.59 Å². The molecule has 0 aliphatic carbocycles. The number of rotatable bonds is 11. The van der Waals surface area contributed by atoms with Gasteiger partial charge in [0.05, 0.1) is 17.7 Å². The normalized spacial score (nSPS) is 11.4. The zero-order valence-electron chi connectivity index (χ0n) is 18.3. The number of thioether (sulfide) groups is 1. The second-order valence-corrected chi connectivity index (χ2v) is 8.35. The number of nitrogens with one attached hydrogen (secondary N) is 1. The summed E-state index contributed by atoms with van der Waals surface area (Å²) in [5, 5.41) is 2.95. The van der Waals surface area contributed by atoms with E-state index in [9.17, 15) is 14.4 Å². The van der Waals surface area contributed by atoms with E-state index in [-0.39, 0.29) is 16.5 Å². The maximum atomic E-state index is 12.6. The van der Waals surface area contributed by atoms with Crippen LogP contribution >= 0.6 is 23.4 Å². The van der Waals surface area contributed by atoms with Crippen molar-refractivity contribution in [3.05, 3.63) is 64.7 Å². The molecular weight excluding hydrogens is 452 g/mol. The molecule has 0 bridgehead atoms. The summed E-state index contributed by atoms with van der Waals surface area (Å²) < 4.78 is 10.5. The van der Waals surface area contributed by atoms with Crippen molar-refractivity contribution in [3.63, 3.8) is 0 Å². The Labute approximate surface area is 197 Å². The second kappa shape index (κ2) is 13.0. The lowest BCUT2D eigenvalue weighted by molar-refractivity contribution is -0.153. The Morgan fingerprint density at radius 3 is 2.50 bits per heavy atom. The van der Waals surface area contributed by atoms with Gasteiger partial charge in [0.1, 0.15) is 11.8 Å². The molecule has 0 saturated carbocycles. The molecule has 0 spiro atoms. The van der Waals surface area contributed by atoms with Crippen LogP contribution in [0.25, 0.3) is 0 Å². The summed E-state index contributed by atoms with van der Waals surface area (Å²) >= 11 is 7.61. The number of likely N-dealkylation sites (N-methyl/N-ethyl adjacent to an activating group) is 1. The number of para-hydroxylation sites is 1. The third-order valence-electron chi connectivity index (χ3n) is 4.68. The van der Waals surface area contributed by atoms with Crippen LogP contribution in [-0.4, -0.2) is 61.5 Å². The minimum atomic E-state index is -0.890. The Balaban J connectivity index is 1.96. The first-order valence-corrected chi connectivity index (χ1v) is 11.7. The summed E-state index contributed by atoms with van der Waals surface area (Å²) in [4.78, 5) is 39.1. The van der Waals surface area contributed by atoms with Crippen LogP contribution in [0.3, 0.4) is 0 Å². The summed E-state index contributed by atoms with van der Waals surface area (Å²) in [7, 11) is 3.18. The van der Waals surface area contributed by atoms with Crippen molar-refractivity contribution in [2.45, 2.75) is 19.0 Å². The van der Waals surface area contributed by atoms with Crippen LogP contribution in [0.15, 0.2) is 48.5 Å². The molecule has 0 saturated heterocycles. The first-order chi connectivity index (χ1) is 15.4. The molecule has 1 atom stereocenters. The van der Waals surface area contributed by atoms with Crippen molar-refractivity contribution in [1.82, 2.24) is 10.2 Å². The van der Waals surface area contributed by atoms with Gasteiger partial charge >= 0.3 is 5.97 Å². The Morgan fingerprint density at radius 2 is 1.81 bits per heavy atom. The van der Waals surface area contributed by atoms with Crippen molar-refractivity contribution in [2.75, 3.05) is 32.8 Å². The molecule has 32 heavy (non-hydrogen) atoms. The Kier molecular flexibility index (Phi) is 10.4. The molecule has 1 unspecified atom stereocenters. The summed E-state index contributed by atoms with van der Waals surface area (Å²) in [6.07, 6.45) is 2.26. The van der Waals surface area contributed by atoms with Crippen LogP contribution in [0.2, 0.25) is 5.02 Å². The zero-order valence-corrected chi connectivity index (χ0v) is 19.9. The van der Waals surface area contributed by atoms with Crippen molar-refractivity contribution < 1.29 is 23.9 Å². The molecule has 2 rings (SSSR count). The predicted molar refractivity (Wildman–Crippen MR) is 126 cm³/mol. The number of methoxy groups -OCH3 is 1. The number of ether oxygens (including phenoxy) is 2. The smallest absolute Gasteiger partial charge is 0.329 e. The van der Waals surface area contributed by atoms with Gasteiger partial charge < -0.3 is 19.7 Å². The average molecular weight is 479 g/mol. The molecule has 2 aromatic carbocycles. The number of amides is 2. The number of hydrogen-bond acceptors (Lipinski definition) is 6. The van der Waals surface area contributed by atoms with Gasteiger partial charge in [-0.05, 0) is 36.6 Å². The summed E-state index contributed by atoms with van der Waals surface area (Å²) in [5.74, 6) is -0.213. The number of carbonyl (C=O) groups is 3. The van der Waals surface area contributed by atoms with Crippen LogP contribution in [-0.2, 0) is 20.9 Å². The van der Waals surface area contributed by atoms with Crippen molar-refractivity contribution in [1.29, 1.82) is 0 Å². The van der Waals surface area contributed by atoms with Gasteiger partial charge in [0, 0.05) is 19.2 Å². The van der Waals surface area contributed by atoms with Gasteiger partial charge in [-0.1, -0.05) is 41.9 Å². The molecule has 172 valence electrons. The van der Waals surface area contributed by atoms with E-state index in [1.807, 2.05) is 30.5 Å². The Morgan fingerprint density at radius 1 is 1.12 bits per heavy atom. The summed E-state index contributed by atoms with van der Waals surface area (Å²) in [6, 6.07) is 13.1. The zero-order chi connectivity index (χ0) is 23.5. The van der Waals surface area contributed by atoms with Crippen molar-refractivity contribution in [2.24, 2.45) is 0 Å². The highest BCUT2D eigenvalue weighted by atomic mass is 35.5. The quantitative estimate of drug-likeness (QED) is 0.498. The number of esters is 1. The largest absolute Gasteiger partial charge is 0.496 e. The molecule has 7 nitrogen and oxygen atoms in total. The molecule has 0 fully saturated rings. The summed E-state index contributed by atoms with van der Waals surface area (Å²) in [6.45, 7) is -0.123. The van der Waals surface area contributed by atoms with E-state index in [4.69, 9.17) is 21.1 Å². The first kappa shape index (κ1) is 25.5. The standard InChI is InChI=1S/C23H27ClN2O5S/c1-26(14-16-8-4-7-11-20(16)30-2)21(27)15-31-23(29)19(12-13-32-3)25-22(28)17-9-5-6-10-18(17)24/h4-11,19H,12-15H2,1-3H3,(H,25,28). The molecule has 0 radical (unpaired) electrons. The maximum Gasteiger partial charge on any atom is 0.329 e. The molecule has 0 aliphatic rings. The summed E-state index contributed by atoms with van der Waals surface area (Å²) in [5.41, 5.74) is 1.10. The minimum absolute atomic E-state index is 0.267. The molecule has 0 heterocycles. The Bertz CT molecular complexity index is 940. The van der Waals surface area contributed by atoms with Gasteiger partial charge in [0.2, 0.25) is 0 Å². The van der Waals surface area contributed by atoms with Gasteiger partial charge in [0.15, 0.2) is 6.61 Å². The Hall–Kier alpha value is -2.71. The van der Waals surface area contributed by atoms with Crippen molar-refractivity contribution >= 4 is 41.1 Å². The highest BCUT2D eigenvalue weighted by molar-refractivity contribution is 7.98. The van der Waals surface area contributed by atoms with Gasteiger partial charge in [0.25, 0.3) is 11.8 Å². The number of benzene rings is 2. The fourth-order valence-corrected chi connectivity index (χ4v) is 3.58. The lowest BCUT2D eigenvalue weighted by Gasteiger charge is -2.21. The number of nitrogens with zero attached hydrogens (tertiary/aromatic N) is 1. The lowest BCUT2D eigenvalue weighted by Crippen LogP contribution is -2.43. The highest BCUT2D eigenvalue weighted by Gasteiger charge is 2.25. The van der Waals surface area contributed by atoms with E-state index in [0.717, 1.165) is 5.56 Å². The van der Waals surface area contributed by atoms with E-state index in [1.165, 1.54) is 16.7 Å². The van der Waals surface area contributed by atoms with Gasteiger partial charge in [-0.15, -0.1) is 0 Å². The van der Waals surface area contributed by atoms with E-state index >= 15 is 0 Å². The van der Waals surface area contributed by atoms with Crippen LogP contribution in [0.1, 0.15) is 22.3 Å². The topological polar surface area (TPSA) is 84.9 Å². The molecule has 2 amide bonds. The van der Waals surface area contributed by atoms with E-state index < -0.39 is 24.5 Å². The third kappa shape index (κ3) is 7.46. The lowest BCUT2D eigenvalue weighted by atomic mass is 10.1. The number of carbonyl (C=O) groups excluding carboxylic acids is 3. The number of halogens is 1.